The minimum absolute atomic E-state index is 0.0524. The number of alkyl halides is 6. The quantitative estimate of drug-likeness (QED) is 0.245. The molecule has 148 valence electrons. The van der Waals surface area contributed by atoms with Crippen LogP contribution >= 0.6 is 7.60 Å². The lowest BCUT2D eigenvalue weighted by Crippen LogP contribution is -2.29. The van der Waals surface area contributed by atoms with Crippen molar-refractivity contribution < 1.29 is 49.5 Å². The molecule has 0 bridgehead atoms. The third-order valence-electron chi connectivity index (χ3n) is 2.66. The predicted octanol–water partition coefficient (Wildman–Crippen LogP) is 4.63. The fraction of sp³-hybridized carbons (Fsp3) is 0.769. The molecule has 0 aromatic rings. The Balaban J connectivity index is 5.52. The van der Waals surface area contributed by atoms with E-state index in [1.165, 1.54) is 0 Å². The standard InChI is InChI=1S/C13H19F6O5P/c1-9(2)5-4-6-10(11(20)22-3)25(21,23-7-12(14,15)16)24-8-13(17,18)19/h5,10H,4,6-8H2,1-3H3. The fourth-order valence-electron chi connectivity index (χ4n) is 1.61. The van der Waals surface area contributed by atoms with Crippen LogP contribution in [0.15, 0.2) is 11.6 Å². The maximum absolute atomic E-state index is 12.5. The summed E-state index contributed by atoms with van der Waals surface area (Å²) in [6.07, 6.45) is -8.70. The van der Waals surface area contributed by atoms with E-state index < -0.39 is 44.8 Å². The Morgan fingerprint density at radius 1 is 1.04 bits per heavy atom. The summed E-state index contributed by atoms with van der Waals surface area (Å²) in [5, 5.41) is 0. The van der Waals surface area contributed by atoms with Gasteiger partial charge in [-0.15, -0.1) is 0 Å². The van der Waals surface area contributed by atoms with E-state index in [1.54, 1.807) is 19.9 Å². The summed E-state index contributed by atoms with van der Waals surface area (Å²) in [7, 11) is -4.24. The molecular formula is C13H19F6O5P. The zero-order chi connectivity index (χ0) is 19.9. The van der Waals surface area contributed by atoms with E-state index in [1.807, 2.05) is 0 Å². The van der Waals surface area contributed by atoms with Crippen LogP contribution in [-0.2, 0) is 23.1 Å². The molecule has 0 saturated carbocycles. The van der Waals surface area contributed by atoms with Crippen molar-refractivity contribution in [3.63, 3.8) is 0 Å². The van der Waals surface area contributed by atoms with Crippen molar-refractivity contribution >= 4 is 13.6 Å². The minimum Gasteiger partial charge on any atom is -0.468 e. The van der Waals surface area contributed by atoms with E-state index in [-0.39, 0.29) is 12.8 Å². The first-order valence-electron chi connectivity index (χ1n) is 6.93. The number of rotatable bonds is 9. The number of hydrogen-bond acceptors (Lipinski definition) is 5. The Morgan fingerprint density at radius 3 is 1.80 bits per heavy atom. The third-order valence-corrected chi connectivity index (χ3v) is 4.87. The molecule has 0 saturated heterocycles. The lowest BCUT2D eigenvalue weighted by Gasteiger charge is -2.26. The van der Waals surface area contributed by atoms with Gasteiger partial charge < -0.3 is 4.74 Å². The number of halogens is 6. The third kappa shape index (κ3) is 10.5. The summed E-state index contributed by atoms with van der Waals surface area (Å²) < 4.78 is 99.0. The fourth-order valence-corrected chi connectivity index (χ4v) is 3.53. The number of hydrogen-bond donors (Lipinski definition) is 0. The van der Waals surface area contributed by atoms with Gasteiger partial charge >= 0.3 is 25.9 Å². The molecule has 0 N–H and O–H groups in total. The van der Waals surface area contributed by atoms with Gasteiger partial charge in [0.05, 0.1) is 7.11 Å². The molecule has 1 atom stereocenters. The molecule has 12 heteroatoms. The molecule has 0 aromatic carbocycles. The smallest absolute Gasteiger partial charge is 0.412 e. The Kier molecular flexibility index (Phi) is 9.18. The Morgan fingerprint density at radius 2 is 1.48 bits per heavy atom. The lowest BCUT2D eigenvalue weighted by atomic mass is 10.2. The van der Waals surface area contributed by atoms with Gasteiger partial charge in [0.1, 0.15) is 0 Å². The van der Waals surface area contributed by atoms with Gasteiger partial charge in [-0.05, 0) is 26.7 Å². The highest BCUT2D eigenvalue weighted by Crippen LogP contribution is 2.56. The topological polar surface area (TPSA) is 61.8 Å². The first kappa shape index (κ1) is 23.9. The molecule has 0 heterocycles. The molecular weight excluding hydrogens is 381 g/mol. The van der Waals surface area contributed by atoms with Crippen molar-refractivity contribution in [2.24, 2.45) is 0 Å². The van der Waals surface area contributed by atoms with Gasteiger partial charge in [0, 0.05) is 0 Å². The number of methoxy groups -OCH3 is 1. The summed E-state index contributed by atoms with van der Waals surface area (Å²) >= 11 is 0. The van der Waals surface area contributed by atoms with Crippen LogP contribution in [-0.4, -0.2) is 44.3 Å². The summed E-state index contributed by atoms with van der Waals surface area (Å²) in [5.74, 6) is -1.28. The number of carbonyl (C=O) groups excluding carboxylic acids is 1. The van der Waals surface area contributed by atoms with Gasteiger partial charge in [-0.2, -0.15) is 26.3 Å². The normalized spacial score (nSPS) is 14.1. The van der Waals surface area contributed by atoms with Crippen LogP contribution in [0.1, 0.15) is 26.7 Å². The van der Waals surface area contributed by atoms with Gasteiger partial charge in [-0.1, -0.05) is 11.6 Å². The van der Waals surface area contributed by atoms with E-state index in [9.17, 15) is 35.7 Å². The van der Waals surface area contributed by atoms with Crippen LogP contribution in [0.5, 0.6) is 0 Å². The SMILES string of the molecule is COC(=O)C(CCC=C(C)C)P(=O)(OCC(F)(F)F)OCC(F)(F)F. The van der Waals surface area contributed by atoms with E-state index in [0.717, 1.165) is 12.7 Å². The van der Waals surface area contributed by atoms with Crippen LogP contribution in [0.3, 0.4) is 0 Å². The van der Waals surface area contributed by atoms with E-state index in [2.05, 4.69) is 13.8 Å². The maximum atomic E-state index is 12.5. The van der Waals surface area contributed by atoms with Crippen LogP contribution in [0.4, 0.5) is 26.3 Å². The Hall–Kier alpha value is -1.06. The number of esters is 1. The van der Waals surface area contributed by atoms with Crippen molar-refractivity contribution in [2.75, 3.05) is 20.3 Å². The predicted molar refractivity (Wildman–Crippen MR) is 76.1 cm³/mol. The largest absolute Gasteiger partial charge is 0.468 e. The van der Waals surface area contributed by atoms with E-state index in [0.29, 0.717) is 0 Å². The highest BCUT2D eigenvalue weighted by atomic mass is 31.2. The van der Waals surface area contributed by atoms with E-state index >= 15 is 0 Å². The first-order valence-corrected chi connectivity index (χ1v) is 8.55. The van der Waals surface area contributed by atoms with Crippen molar-refractivity contribution in [2.45, 2.75) is 44.7 Å². The van der Waals surface area contributed by atoms with Crippen LogP contribution in [0.25, 0.3) is 0 Å². The van der Waals surface area contributed by atoms with Gasteiger partial charge in [-0.25, -0.2) is 0 Å². The molecule has 25 heavy (non-hydrogen) atoms. The molecule has 0 aliphatic rings. The van der Waals surface area contributed by atoms with Crippen molar-refractivity contribution in [3.05, 3.63) is 11.6 Å². The summed E-state index contributed by atoms with van der Waals surface area (Å²) in [6, 6.07) is 0. The second kappa shape index (κ2) is 9.59. The van der Waals surface area contributed by atoms with Crippen molar-refractivity contribution in [1.29, 1.82) is 0 Å². The second-order valence-corrected chi connectivity index (χ2v) is 7.43. The molecule has 0 aliphatic heterocycles. The average Bonchev–Trinajstić information content (AvgIpc) is 2.45. The summed E-state index contributed by atoms with van der Waals surface area (Å²) in [4.78, 5) is 11.7. The lowest BCUT2D eigenvalue weighted by molar-refractivity contribution is -0.167. The molecule has 0 spiro atoms. The molecule has 5 nitrogen and oxygen atoms in total. The number of allylic oxidation sites excluding steroid dienone is 2. The van der Waals surface area contributed by atoms with Crippen molar-refractivity contribution in [3.8, 4) is 0 Å². The van der Waals surface area contributed by atoms with Gasteiger partial charge in [0.15, 0.2) is 18.9 Å². The van der Waals surface area contributed by atoms with Gasteiger partial charge in [-0.3, -0.25) is 18.4 Å². The zero-order valence-corrected chi connectivity index (χ0v) is 14.6. The molecule has 0 radical (unpaired) electrons. The molecule has 0 amide bonds. The van der Waals surface area contributed by atoms with Gasteiger partial charge in [0.25, 0.3) is 0 Å². The number of ether oxygens (including phenoxy) is 1. The molecule has 0 rings (SSSR count). The zero-order valence-electron chi connectivity index (χ0n) is 13.7. The van der Waals surface area contributed by atoms with Crippen LogP contribution < -0.4 is 0 Å². The summed E-state index contributed by atoms with van der Waals surface area (Å²) in [5.41, 5.74) is -1.14. The Bertz CT molecular complexity index is 488. The first-order chi connectivity index (χ1) is 11.2. The highest BCUT2D eigenvalue weighted by molar-refractivity contribution is 7.55. The van der Waals surface area contributed by atoms with E-state index in [4.69, 9.17) is 0 Å². The minimum atomic E-state index is -5.10. The average molecular weight is 400 g/mol. The van der Waals surface area contributed by atoms with Crippen LogP contribution in [0, 0.1) is 0 Å². The van der Waals surface area contributed by atoms with Gasteiger partial charge in [0.2, 0.25) is 0 Å². The monoisotopic (exact) mass is 400 g/mol. The molecule has 0 aromatic heterocycles. The maximum Gasteiger partial charge on any atom is 0.412 e. The van der Waals surface area contributed by atoms with Crippen molar-refractivity contribution in [1.82, 2.24) is 0 Å². The molecule has 1 unspecified atom stereocenters. The van der Waals surface area contributed by atoms with Crippen LogP contribution in [0.2, 0.25) is 0 Å². The number of carbonyl (C=O) groups is 1. The highest BCUT2D eigenvalue weighted by Gasteiger charge is 2.46. The Labute approximate surface area is 140 Å². The molecule has 0 aliphatic carbocycles. The summed E-state index contributed by atoms with van der Waals surface area (Å²) in [6.45, 7) is -0.878. The molecule has 0 fully saturated rings. The second-order valence-electron chi connectivity index (χ2n) is 5.21.